The number of rotatable bonds is 5. The maximum atomic E-state index is 13.9. The minimum absolute atomic E-state index is 0.0109. The number of nitrogens with zero attached hydrogens (tertiary/aromatic N) is 2. The maximum Gasteiger partial charge on any atom is 0.274 e. The molecular formula is C22H27F2N5O2. The molecule has 2 aromatic rings. The fourth-order valence-corrected chi connectivity index (χ4v) is 4.58. The number of carbonyl (C=O) groups excluding carboxylic acids is 2. The molecule has 2 aliphatic rings. The molecule has 4 rings (SSSR count). The van der Waals surface area contributed by atoms with Crippen molar-refractivity contribution in [3.05, 3.63) is 47.3 Å². The fraction of sp³-hybridized carbons (Fsp3) is 0.500. The van der Waals surface area contributed by atoms with Crippen molar-refractivity contribution in [1.82, 2.24) is 20.4 Å². The van der Waals surface area contributed by atoms with E-state index in [2.05, 4.69) is 25.7 Å². The lowest BCUT2D eigenvalue weighted by Gasteiger charge is -2.39. The summed E-state index contributed by atoms with van der Waals surface area (Å²) in [6.07, 6.45) is 9.03. The predicted octanol–water partition coefficient (Wildman–Crippen LogP) is 3.47. The van der Waals surface area contributed by atoms with Gasteiger partial charge in [-0.1, -0.05) is 12.5 Å². The molecule has 1 saturated heterocycles. The van der Waals surface area contributed by atoms with Gasteiger partial charge in [0.2, 0.25) is 0 Å². The number of nitrogens with one attached hydrogen (secondary N) is 3. The monoisotopic (exact) mass is 431 g/mol. The van der Waals surface area contributed by atoms with Gasteiger partial charge in [0.1, 0.15) is 17.2 Å². The van der Waals surface area contributed by atoms with Crippen LogP contribution in [-0.4, -0.2) is 52.1 Å². The van der Waals surface area contributed by atoms with Crippen LogP contribution in [0.5, 0.6) is 0 Å². The molecule has 166 valence electrons. The van der Waals surface area contributed by atoms with E-state index in [1.165, 1.54) is 44.6 Å². The van der Waals surface area contributed by atoms with Crippen molar-refractivity contribution >= 4 is 17.5 Å². The van der Waals surface area contributed by atoms with Crippen molar-refractivity contribution in [3.8, 4) is 0 Å². The Hall–Kier alpha value is -2.81. The highest BCUT2D eigenvalue weighted by molar-refractivity contribution is 6.08. The average molecular weight is 431 g/mol. The molecule has 31 heavy (non-hydrogen) atoms. The molecule has 0 spiro atoms. The third-order valence-corrected chi connectivity index (χ3v) is 6.23. The minimum atomic E-state index is -0.979. The Balaban J connectivity index is 1.34. The molecule has 1 aliphatic heterocycles. The van der Waals surface area contributed by atoms with E-state index in [4.69, 9.17) is 0 Å². The summed E-state index contributed by atoms with van der Waals surface area (Å²) < 4.78 is 27.7. The second kappa shape index (κ2) is 9.55. The van der Waals surface area contributed by atoms with Crippen LogP contribution >= 0.6 is 0 Å². The number of hydrogen-bond donors (Lipinski definition) is 3. The second-order valence-corrected chi connectivity index (χ2v) is 8.27. The number of aromatic amines is 1. The van der Waals surface area contributed by atoms with Gasteiger partial charge in [-0.15, -0.1) is 0 Å². The van der Waals surface area contributed by atoms with Gasteiger partial charge in [0, 0.05) is 18.3 Å². The van der Waals surface area contributed by atoms with Gasteiger partial charge in [0.05, 0.1) is 5.69 Å². The number of halogens is 2. The molecule has 1 aromatic heterocycles. The van der Waals surface area contributed by atoms with Gasteiger partial charge in [0.25, 0.3) is 11.8 Å². The van der Waals surface area contributed by atoms with Crippen molar-refractivity contribution in [1.29, 1.82) is 0 Å². The minimum Gasteiger partial charge on any atom is -0.348 e. The summed E-state index contributed by atoms with van der Waals surface area (Å²) in [6, 6.07) is 3.81. The number of anilines is 1. The lowest BCUT2D eigenvalue weighted by molar-refractivity contribution is 0.0884. The first-order valence-electron chi connectivity index (χ1n) is 10.9. The number of carbonyl (C=O) groups is 2. The first-order valence-corrected chi connectivity index (χ1v) is 10.9. The summed E-state index contributed by atoms with van der Waals surface area (Å²) in [5.41, 5.74) is -0.637. The van der Waals surface area contributed by atoms with Gasteiger partial charge < -0.3 is 15.5 Å². The summed E-state index contributed by atoms with van der Waals surface area (Å²) in [7, 11) is 0. The lowest BCUT2D eigenvalue weighted by atomic mass is 9.89. The number of piperidine rings is 1. The molecule has 1 aliphatic carbocycles. The highest BCUT2D eigenvalue weighted by Gasteiger charge is 2.29. The van der Waals surface area contributed by atoms with Crippen LogP contribution in [0.25, 0.3) is 0 Å². The van der Waals surface area contributed by atoms with Crippen LogP contribution in [0, 0.1) is 11.6 Å². The third kappa shape index (κ3) is 4.92. The molecule has 3 N–H and O–H groups in total. The SMILES string of the molecule is O=C(N[C@H]1CC[C@@H](N2CCCCC2)CC1)c1n[nH]cc1NC(=O)c1c(F)cccc1F. The van der Waals surface area contributed by atoms with E-state index in [0.717, 1.165) is 37.8 Å². The number of benzene rings is 1. The summed E-state index contributed by atoms with van der Waals surface area (Å²) in [4.78, 5) is 27.6. The molecule has 9 heteroatoms. The number of likely N-dealkylation sites (tertiary alicyclic amines) is 1. The first kappa shape index (κ1) is 21.4. The van der Waals surface area contributed by atoms with E-state index in [1.54, 1.807) is 0 Å². The Morgan fingerprint density at radius 1 is 1.00 bits per heavy atom. The molecule has 2 fully saturated rings. The molecule has 1 saturated carbocycles. The van der Waals surface area contributed by atoms with Gasteiger partial charge >= 0.3 is 0 Å². The highest BCUT2D eigenvalue weighted by Crippen LogP contribution is 2.26. The molecule has 1 aromatic carbocycles. The van der Waals surface area contributed by atoms with Crippen molar-refractivity contribution in [3.63, 3.8) is 0 Å². The summed E-state index contributed by atoms with van der Waals surface area (Å²) in [5, 5.41) is 11.8. The largest absolute Gasteiger partial charge is 0.348 e. The molecule has 7 nitrogen and oxygen atoms in total. The van der Waals surface area contributed by atoms with E-state index in [-0.39, 0.29) is 17.4 Å². The lowest BCUT2D eigenvalue weighted by Crippen LogP contribution is -2.45. The number of H-pyrrole nitrogens is 1. The van der Waals surface area contributed by atoms with Crippen LogP contribution in [0.3, 0.4) is 0 Å². The van der Waals surface area contributed by atoms with Crippen molar-refractivity contribution < 1.29 is 18.4 Å². The van der Waals surface area contributed by atoms with E-state index in [1.807, 2.05) is 0 Å². The number of hydrogen-bond acceptors (Lipinski definition) is 4. The van der Waals surface area contributed by atoms with E-state index in [9.17, 15) is 18.4 Å². The van der Waals surface area contributed by atoms with Crippen LogP contribution in [-0.2, 0) is 0 Å². The smallest absolute Gasteiger partial charge is 0.274 e. The van der Waals surface area contributed by atoms with Crippen LogP contribution in [0.4, 0.5) is 14.5 Å². The van der Waals surface area contributed by atoms with Gasteiger partial charge in [-0.3, -0.25) is 14.7 Å². The van der Waals surface area contributed by atoms with Gasteiger partial charge in [-0.2, -0.15) is 5.10 Å². The standard InChI is InChI=1S/C22H27F2N5O2/c23-16-5-4-6-17(24)19(16)21(30)27-18-13-25-28-20(18)22(31)26-14-7-9-15(10-8-14)29-11-2-1-3-12-29/h4-6,13-15H,1-3,7-12H2,(H,25,28)(H,26,31)(H,27,30)/t14-,15+. The number of aromatic nitrogens is 2. The van der Waals surface area contributed by atoms with Crippen LogP contribution in [0.1, 0.15) is 65.8 Å². The zero-order chi connectivity index (χ0) is 21.8. The molecule has 2 heterocycles. The Morgan fingerprint density at radius 2 is 1.68 bits per heavy atom. The third-order valence-electron chi connectivity index (χ3n) is 6.23. The Labute approximate surface area is 179 Å². The van der Waals surface area contributed by atoms with E-state index in [0.29, 0.717) is 6.04 Å². The van der Waals surface area contributed by atoms with E-state index < -0.39 is 29.0 Å². The summed E-state index contributed by atoms with van der Waals surface area (Å²) in [6.45, 7) is 2.33. The Kier molecular flexibility index (Phi) is 6.60. The summed E-state index contributed by atoms with van der Waals surface area (Å²) in [5.74, 6) is -3.35. The van der Waals surface area contributed by atoms with Gasteiger partial charge in [-0.05, 0) is 63.7 Å². The van der Waals surface area contributed by atoms with Gasteiger partial charge in [0.15, 0.2) is 5.69 Å². The molecule has 2 amide bonds. The van der Waals surface area contributed by atoms with Crippen LogP contribution < -0.4 is 10.6 Å². The molecule has 0 bridgehead atoms. The fourth-order valence-electron chi connectivity index (χ4n) is 4.58. The molecule has 0 unspecified atom stereocenters. The predicted molar refractivity (Wildman–Crippen MR) is 112 cm³/mol. The molecular weight excluding hydrogens is 404 g/mol. The zero-order valence-corrected chi connectivity index (χ0v) is 17.3. The Morgan fingerprint density at radius 3 is 2.35 bits per heavy atom. The second-order valence-electron chi connectivity index (χ2n) is 8.27. The van der Waals surface area contributed by atoms with Crippen LogP contribution in [0.2, 0.25) is 0 Å². The van der Waals surface area contributed by atoms with E-state index >= 15 is 0 Å². The average Bonchev–Trinajstić information content (AvgIpc) is 3.23. The zero-order valence-electron chi connectivity index (χ0n) is 17.3. The Bertz CT molecular complexity index is 913. The topological polar surface area (TPSA) is 90.1 Å². The maximum absolute atomic E-state index is 13.9. The normalized spacial score (nSPS) is 22.1. The first-order chi connectivity index (χ1) is 15.0. The van der Waals surface area contributed by atoms with Crippen LogP contribution in [0.15, 0.2) is 24.4 Å². The van der Waals surface area contributed by atoms with Crippen molar-refractivity contribution in [2.24, 2.45) is 0 Å². The van der Waals surface area contributed by atoms with Crippen molar-refractivity contribution in [2.75, 3.05) is 18.4 Å². The highest BCUT2D eigenvalue weighted by atomic mass is 19.1. The molecule has 0 atom stereocenters. The summed E-state index contributed by atoms with van der Waals surface area (Å²) >= 11 is 0. The quantitative estimate of drug-likeness (QED) is 0.676. The number of amides is 2. The van der Waals surface area contributed by atoms with Crippen molar-refractivity contribution in [2.45, 2.75) is 57.0 Å². The molecule has 0 radical (unpaired) electrons. The van der Waals surface area contributed by atoms with Gasteiger partial charge in [-0.25, -0.2) is 8.78 Å².